The summed E-state index contributed by atoms with van der Waals surface area (Å²) < 4.78 is 25.2. The van der Waals surface area contributed by atoms with Gasteiger partial charge < -0.3 is 5.32 Å². The molecule has 25 heavy (non-hydrogen) atoms. The lowest BCUT2D eigenvalue weighted by Gasteiger charge is -2.22. The molecule has 1 N–H and O–H groups in total. The van der Waals surface area contributed by atoms with Crippen molar-refractivity contribution in [3.8, 4) is 0 Å². The van der Waals surface area contributed by atoms with E-state index in [1.54, 1.807) is 4.68 Å². The molecule has 0 bridgehead atoms. The third kappa shape index (κ3) is 3.74. The van der Waals surface area contributed by atoms with Gasteiger partial charge >= 0.3 is 0 Å². The summed E-state index contributed by atoms with van der Waals surface area (Å²) in [7, 11) is -2.98. The molecular weight excluding hydrogens is 340 g/mol. The maximum atomic E-state index is 12.7. The molecule has 0 aromatic carbocycles. The van der Waals surface area contributed by atoms with E-state index in [4.69, 9.17) is 0 Å². The minimum Gasteiger partial charge on any atom is -0.350 e. The minimum absolute atomic E-state index is 0.106. The zero-order valence-electron chi connectivity index (χ0n) is 15.3. The molecule has 1 aromatic heterocycles. The number of likely N-dealkylation sites (N-methyl/N-ethyl adjacent to an activating group) is 1. The molecule has 8 heteroatoms. The van der Waals surface area contributed by atoms with E-state index in [-0.39, 0.29) is 23.5 Å². The lowest BCUT2D eigenvalue weighted by molar-refractivity contribution is 0.0940. The molecule has 7 nitrogen and oxygen atoms in total. The molecule has 0 aliphatic carbocycles. The number of likely N-dealkylation sites (tertiary alicyclic amines) is 1. The van der Waals surface area contributed by atoms with Crippen LogP contribution in [0.1, 0.15) is 54.0 Å². The normalized spacial score (nSPS) is 26.2. The fourth-order valence-electron chi connectivity index (χ4n) is 4.16. The Bertz CT molecular complexity index is 756. The highest BCUT2D eigenvalue weighted by Gasteiger charge is 2.32. The largest absolute Gasteiger partial charge is 0.350 e. The smallest absolute Gasteiger partial charge is 0.255 e. The SMILES string of the molecule is CCN1CCCC1CNC(=O)c1c(C)nn(C2CCS(=O)(=O)C2)c1C. The first-order valence-corrected chi connectivity index (χ1v) is 10.9. The summed E-state index contributed by atoms with van der Waals surface area (Å²) in [6.07, 6.45) is 2.87. The van der Waals surface area contributed by atoms with E-state index >= 15 is 0 Å². The Morgan fingerprint density at radius 3 is 2.72 bits per heavy atom. The van der Waals surface area contributed by atoms with Crippen LogP contribution in [0.2, 0.25) is 0 Å². The number of carbonyl (C=O) groups excluding carboxylic acids is 1. The summed E-state index contributed by atoms with van der Waals surface area (Å²) in [5.41, 5.74) is 2.01. The van der Waals surface area contributed by atoms with Gasteiger partial charge in [-0.3, -0.25) is 14.4 Å². The molecule has 0 spiro atoms. The van der Waals surface area contributed by atoms with Gasteiger partial charge in [-0.1, -0.05) is 6.92 Å². The van der Waals surface area contributed by atoms with Crippen LogP contribution in [0.5, 0.6) is 0 Å². The monoisotopic (exact) mass is 368 g/mol. The molecule has 2 fully saturated rings. The summed E-state index contributed by atoms with van der Waals surface area (Å²) in [5.74, 6) is 0.209. The zero-order valence-corrected chi connectivity index (χ0v) is 16.1. The van der Waals surface area contributed by atoms with Crippen LogP contribution >= 0.6 is 0 Å². The lowest BCUT2D eigenvalue weighted by atomic mass is 10.1. The Morgan fingerprint density at radius 2 is 2.08 bits per heavy atom. The Morgan fingerprint density at radius 1 is 1.32 bits per heavy atom. The highest BCUT2D eigenvalue weighted by atomic mass is 32.2. The molecule has 2 saturated heterocycles. The second-order valence-corrected chi connectivity index (χ2v) is 9.41. The molecule has 1 amide bonds. The maximum Gasteiger partial charge on any atom is 0.255 e. The Labute approximate surface area is 149 Å². The number of amides is 1. The average Bonchev–Trinajstić information content (AvgIpc) is 3.22. The van der Waals surface area contributed by atoms with Crippen LogP contribution in [0.15, 0.2) is 0 Å². The summed E-state index contributed by atoms with van der Waals surface area (Å²) in [4.78, 5) is 15.1. The van der Waals surface area contributed by atoms with E-state index in [9.17, 15) is 13.2 Å². The van der Waals surface area contributed by atoms with Gasteiger partial charge in [0, 0.05) is 18.3 Å². The molecule has 0 saturated carbocycles. The second-order valence-electron chi connectivity index (χ2n) is 7.18. The summed E-state index contributed by atoms with van der Waals surface area (Å²) in [5, 5.41) is 7.53. The Kier molecular flexibility index (Phi) is 5.20. The second kappa shape index (κ2) is 7.07. The average molecular weight is 369 g/mol. The quantitative estimate of drug-likeness (QED) is 0.840. The number of hydrogen-bond acceptors (Lipinski definition) is 5. The van der Waals surface area contributed by atoms with Gasteiger partial charge in [-0.15, -0.1) is 0 Å². The van der Waals surface area contributed by atoms with E-state index in [1.165, 1.54) is 6.42 Å². The predicted octanol–water partition coefficient (Wildman–Crippen LogP) is 1.07. The molecule has 2 aliphatic heterocycles. The third-order valence-electron chi connectivity index (χ3n) is 5.51. The molecule has 3 heterocycles. The molecular formula is C17H28N4O3S. The van der Waals surface area contributed by atoms with E-state index in [0.717, 1.165) is 25.2 Å². The highest BCUT2D eigenvalue weighted by molar-refractivity contribution is 7.91. The van der Waals surface area contributed by atoms with Crippen LogP contribution in [0, 0.1) is 13.8 Å². The van der Waals surface area contributed by atoms with Gasteiger partial charge in [0.15, 0.2) is 9.84 Å². The fraction of sp³-hybridized carbons (Fsp3) is 0.765. The van der Waals surface area contributed by atoms with E-state index < -0.39 is 9.84 Å². The highest BCUT2D eigenvalue weighted by Crippen LogP contribution is 2.26. The van der Waals surface area contributed by atoms with Crippen molar-refractivity contribution in [3.05, 3.63) is 17.0 Å². The Hall–Kier alpha value is -1.41. The van der Waals surface area contributed by atoms with E-state index in [0.29, 0.717) is 30.3 Å². The van der Waals surface area contributed by atoms with Gasteiger partial charge in [-0.25, -0.2) is 8.42 Å². The van der Waals surface area contributed by atoms with Crippen molar-refractivity contribution in [1.29, 1.82) is 0 Å². The first-order chi connectivity index (χ1) is 11.8. The fourth-order valence-corrected chi connectivity index (χ4v) is 5.85. The lowest BCUT2D eigenvalue weighted by Crippen LogP contribution is -2.40. The van der Waals surface area contributed by atoms with Crippen molar-refractivity contribution in [2.75, 3.05) is 31.1 Å². The molecule has 2 atom stereocenters. The number of hydrogen-bond donors (Lipinski definition) is 1. The van der Waals surface area contributed by atoms with Crippen molar-refractivity contribution in [3.63, 3.8) is 0 Å². The van der Waals surface area contributed by atoms with Crippen molar-refractivity contribution in [2.45, 2.75) is 52.1 Å². The molecule has 0 radical (unpaired) electrons. The van der Waals surface area contributed by atoms with E-state index in [1.807, 2.05) is 13.8 Å². The van der Waals surface area contributed by atoms with Crippen LogP contribution < -0.4 is 5.32 Å². The molecule has 1 aromatic rings. The number of aryl methyl sites for hydroxylation is 1. The van der Waals surface area contributed by atoms with Gasteiger partial charge in [0.05, 0.1) is 28.8 Å². The van der Waals surface area contributed by atoms with Crippen LogP contribution in [-0.4, -0.2) is 66.2 Å². The number of rotatable bonds is 5. The van der Waals surface area contributed by atoms with Crippen molar-refractivity contribution < 1.29 is 13.2 Å². The summed E-state index contributed by atoms with van der Waals surface area (Å²) in [6.45, 7) is 8.57. The number of sulfone groups is 1. The molecule has 140 valence electrons. The predicted molar refractivity (Wildman–Crippen MR) is 96.6 cm³/mol. The van der Waals surface area contributed by atoms with E-state index in [2.05, 4.69) is 22.2 Å². The number of aromatic nitrogens is 2. The van der Waals surface area contributed by atoms with Gasteiger partial charge in [0.1, 0.15) is 0 Å². The van der Waals surface area contributed by atoms with Gasteiger partial charge in [0.2, 0.25) is 0 Å². The molecule has 2 aliphatic rings. The Balaban J connectivity index is 1.71. The maximum absolute atomic E-state index is 12.7. The molecule has 3 rings (SSSR count). The third-order valence-corrected chi connectivity index (χ3v) is 7.26. The van der Waals surface area contributed by atoms with Gasteiger partial charge in [-0.2, -0.15) is 5.10 Å². The van der Waals surface area contributed by atoms with Crippen molar-refractivity contribution in [1.82, 2.24) is 20.0 Å². The first kappa shape index (κ1) is 18.4. The standard InChI is InChI=1S/C17H28N4O3S/c1-4-20-8-5-6-14(20)10-18-17(22)16-12(2)19-21(13(16)3)15-7-9-25(23,24)11-15/h14-15H,4-11H2,1-3H3,(H,18,22). The minimum atomic E-state index is -2.98. The number of nitrogens with one attached hydrogen (secondary N) is 1. The number of nitrogens with zero attached hydrogens (tertiary/aromatic N) is 3. The van der Waals surface area contributed by atoms with Crippen LogP contribution in [0.3, 0.4) is 0 Å². The van der Waals surface area contributed by atoms with Crippen LogP contribution in [0.4, 0.5) is 0 Å². The van der Waals surface area contributed by atoms with Gasteiger partial charge in [0.25, 0.3) is 5.91 Å². The van der Waals surface area contributed by atoms with Gasteiger partial charge in [-0.05, 0) is 46.2 Å². The number of carbonyl (C=O) groups is 1. The zero-order chi connectivity index (χ0) is 18.2. The molecule has 2 unspecified atom stereocenters. The van der Waals surface area contributed by atoms with Crippen molar-refractivity contribution in [2.24, 2.45) is 0 Å². The summed E-state index contributed by atoms with van der Waals surface area (Å²) in [6, 6.07) is 0.250. The summed E-state index contributed by atoms with van der Waals surface area (Å²) >= 11 is 0. The van der Waals surface area contributed by atoms with Crippen LogP contribution in [-0.2, 0) is 9.84 Å². The topological polar surface area (TPSA) is 84.3 Å². The first-order valence-electron chi connectivity index (χ1n) is 9.10. The van der Waals surface area contributed by atoms with Crippen molar-refractivity contribution >= 4 is 15.7 Å². The van der Waals surface area contributed by atoms with Crippen LogP contribution in [0.25, 0.3) is 0 Å².